The Bertz CT molecular complexity index is 1200. The number of ether oxygens (including phenoxy) is 1. The largest absolute Gasteiger partial charge is 0.495 e. The van der Waals surface area contributed by atoms with Gasteiger partial charge in [-0.2, -0.15) is 10.5 Å². The molecule has 0 N–H and O–H groups in total. The lowest BCUT2D eigenvalue weighted by Gasteiger charge is -2.08. The summed E-state index contributed by atoms with van der Waals surface area (Å²) in [7, 11) is 1.50. The van der Waals surface area contributed by atoms with E-state index in [0.29, 0.717) is 21.7 Å². The minimum atomic E-state index is -0.344. The van der Waals surface area contributed by atoms with E-state index < -0.39 is 0 Å². The van der Waals surface area contributed by atoms with Crippen LogP contribution in [0.1, 0.15) is 5.69 Å². The summed E-state index contributed by atoms with van der Waals surface area (Å²) in [5, 5.41) is 18.6. The fourth-order valence-electron chi connectivity index (χ4n) is 2.40. The molecule has 0 fully saturated rings. The molecule has 3 aromatic rings. The van der Waals surface area contributed by atoms with Gasteiger partial charge in [0.05, 0.1) is 23.0 Å². The second-order valence-electron chi connectivity index (χ2n) is 5.08. The van der Waals surface area contributed by atoms with Gasteiger partial charge >= 0.3 is 0 Å². The minimum absolute atomic E-state index is 0.140. The fourth-order valence-corrected chi connectivity index (χ4v) is 3.43. The molecule has 0 unspecified atom stereocenters. The molecule has 2 heterocycles. The predicted molar refractivity (Wildman–Crippen MR) is 98.2 cm³/mol. The van der Waals surface area contributed by atoms with E-state index in [2.05, 4.69) is 4.98 Å². The zero-order chi connectivity index (χ0) is 18.5. The van der Waals surface area contributed by atoms with Crippen LogP contribution in [-0.4, -0.2) is 16.7 Å². The number of para-hydroxylation sites is 2. The first-order chi connectivity index (χ1) is 12.7. The average Bonchev–Trinajstić information content (AvgIpc) is 2.99. The Kier molecular flexibility index (Phi) is 4.93. The summed E-state index contributed by atoms with van der Waals surface area (Å²) < 4.78 is 7.29. The van der Waals surface area contributed by atoms with Crippen LogP contribution in [0.3, 0.4) is 0 Å². The van der Waals surface area contributed by atoms with Gasteiger partial charge in [0.1, 0.15) is 22.6 Å². The minimum Gasteiger partial charge on any atom is -0.495 e. The van der Waals surface area contributed by atoms with E-state index in [0.717, 1.165) is 11.3 Å². The molecule has 0 atom stereocenters. The Morgan fingerprint density at radius 1 is 1.19 bits per heavy atom. The van der Waals surface area contributed by atoms with Crippen LogP contribution in [0.15, 0.2) is 53.5 Å². The third-order valence-corrected chi connectivity index (χ3v) is 4.65. The lowest BCUT2D eigenvalue weighted by Crippen LogP contribution is -2.31. The van der Waals surface area contributed by atoms with Crippen molar-refractivity contribution >= 4 is 23.0 Å². The molecule has 0 aliphatic carbocycles. The highest BCUT2D eigenvalue weighted by Gasteiger charge is 2.14. The molecule has 3 rings (SSSR count). The van der Waals surface area contributed by atoms with Crippen molar-refractivity contribution < 1.29 is 4.74 Å². The van der Waals surface area contributed by atoms with Gasteiger partial charge in [0.15, 0.2) is 5.57 Å². The van der Waals surface area contributed by atoms with Gasteiger partial charge in [-0.15, -0.1) is 11.3 Å². The molecule has 6 nitrogen and oxygen atoms in total. The molecule has 7 heteroatoms. The second-order valence-corrected chi connectivity index (χ2v) is 6.11. The SMILES string of the molecule is COc1ccccc1-n1c(=C(C#N)C#N)s/c(=C/c2ccccn2)c1=O. The molecule has 126 valence electrons. The highest BCUT2D eigenvalue weighted by atomic mass is 32.1. The molecule has 0 aliphatic heterocycles. The molecule has 0 bridgehead atoms. The average molecular weight is 360 g/mol. The van der Waals surface area contributed by atoms with E-state index in [-0.39, 0.29) is 15.8 Å². The van der Waals surface area contributed by atoms with E-state index in [9.17, 15) is 15.3 Å². The van der Waals surface area contributed by atoms with Gasteiger partial charge in [-0.05, 0) is 30.3 Å². The van der Waals surface area contributed by atoms with E-state index in [1.165, 1.54) is 11.7 Å². The lowest BCUT2D eigenvalue weighted by atomic mass is 10.3. The molecule has 2 aromatic heterocycles. The Morgan fingerprint density at radius 3 is 2.58 bits per heavy atom. The number of thiazole rings is 1. The van der Waals surface area contributed by atoms with Crippen molar-refractivity contribution in [2.45, 2.75) is 0 Å². The quantitative estimate of drug-likeness (QED) is 0.703. The van der Waals surface area contributed by atoms with Gasteiger partial charge in [0.25, 0.3) is 5.56 Å². The van der Waals surface area contributed by atoms with Crippen LogP contribution in [0.5, 0.6) is 5.75 Å². The van der Waals surface area contributed by atoms with Crippen molar-refractivity contribution in [3.8, 4) is 23.6 Å². The van der Waals surface area contributed by atoms with Gasteiger partial charge in [0, 0.05) is 6.20 Å². The standard InChI is InChI=1S/C19H12N4O2S/c1-25-16-8-3-2-7-15(16)23-18(24)17(10-14-6-4-5-9-22-14)26-19(23)13(11-20)12-21/h2-10H,1H3/b17-10+. The van der Waals surface area contributed by atoms with E-state index in [4.69, 9.17) is 4.74 Å². The second kappa shape index (κ2) is 7.47. The maximum atomic E-state index is 13.0. The topological polar surface area (TPSA) is 91.7 Å². The fraction of sp³-hybridized carbons (Fsp3) is 0.0526. The molecule has 0 radical (unpaired) electrons. The van der Waals surface area contributed by atoms with Crippen LogP contribution >= 0.6 is 11.3 Å². The molecule has 0 saturated carbocycles. The summed E-state index contributed by atoms with van der Waals surface area (Å²) in [6.07, 6.45) is 3.26. The van der Waals surface area contributed by atoms with Crippen LogP contribution in [0.2, 0.25) is 0 Å². The van der Waals surface area contributed by atoms with Crippen molar-refractivity contribution in [3.63, 3.8) is 0 Å². The highest BCUT2D eigenvalue weighted by Crippen LogP contribution is 2.19. The summed E-state index contributed by atoms with van der Waals surface area (Å²) in [6.45, 7) is 0. The summed E-state index contributed by atoms with van der Waals surface area (Å²) in [5.41, 5.74) is 0.594. The monoisotopic (exact) mass is 360 g/mol. The van der Waals surface area contributed by atoms with E-state index >= 15 is 0 Å². The first kappa shape index (κ1) is 17.2. The van der Waals surface area contributed by atoms with Crippen molar-refractivity contribution in [2.24, 2.45) is 0 Å². The third-order valence-electron chi connectivity index (χ3n) is 3.55. The Labute approximate surface area is 152 Å². The number of pyridine rings is 1. The normalized spacial score (nSPS) is 10.8. The van der Waals surface area contributed by atoms with E-state index in [1.54, 1.807) is 48.7 Å². The van der Waals surface area contributed by atoms with Crippen LogP contribution in [0, 0.1) is 22.7 Å². The van der Waals surface area contributed by atoms with Crippen molar-refractivity contribution in [1.82, 2.24) is 9.55 Å². The molecular formula is C19H12N4O2S. The van der Waals surface area contributed by atoms with Gasteiger partial charge in [-0.25, -0.2) is 0 Å². The number of methoxy groups -OCH3 is 1. The molecular weight excluding hydrogens is 348 g/mol. The number of rotatable bonds is 3. The maximum Gasteiger partial charge on any atom is 0.273 e. The summed E-state index contributed by atoms with van der Waals surface area (Å²) in [5.74, 6) is 0.466. The number of hydrogen-bond donors (Lipinski definition) is 0. The van der Waals surface area contributed by atoms with E-state index in [1.807, 2.05) is 18.2 Å². The molecule has 0 saturated heterocycles. The Morgan fingerprint density at radius 2 is 1.92 bits per heavy atom. The predicted octanol–water partition coefficient (Wildman–Crippen LogP) is 1.33. The summed E-state index contributed by atoms with van der Waals surface area (Å²) >= 11 is 1.07. The number of benzene rings is 1. The van der Waals surface area contributed by atoms with Gasteiger partial charge < -0.3 is 4.74 Å². The van der Waals surface area contributed by atoms with Crippen LogP contribution < -0.4 is 19.5 Å². The summed E-state index contributed by atoms with van der Waals surface area (Å²) in [6, 6.07) is 16.0. The van der Waals surface area contributed by atoms with Gasteiger partial charge in [-0.3, -0.25) is 14.3 Å². The first-order valence-corrected chi connectivity index (χ1v) is 8.33. The molecule has 26 heavy (non-hydrogen) atoms. The van der Waals surface area contributed by atoms with Crippen LogP contribution in [-0.2, 0) is 0 Å². The lowest BCUT2D eigenvalue weighted by molar-refractivity contribution is 0.412. The van der Waals surface area contributed by atoms with Crippen LogP contribution in [0.4, 0.5) is 0 Å². The molecule has 0 spiro atoms. The number of nitrogens with zero attached hydrogens (tertiary/aromatic N) is 4. The molecule has 1 aromatic carbocycles. The zero-order valence-corrected chi connectivity index (χ0v) is 14.5. The zero-order valence-electron chi connectivity index (χ0n) is 13.7. The Hall–Kier alpha value is -3.68. The van der Waals surface area contributed by atoms with Gasteiger partial charge in [0.2, 0.25) is 0 Å². The van der Waals surface area contributed by atoms with Crippen molar-refractivity contribution in [2.75, 3.05) is 7.11 Å². The number of aromatic nitrogens is 2. The molecule has 0 aliphatic rings. The number of hydrogen-bond acceptors (Lipinski definition) is 6. The first-order valence-electron chi connectivity index (χ1n) is 7.52. The van der Waals surface area contributed by atoms with Crippen molar-refractivity contribution in [1.29, 1.82) is 10.5 Å². The number of nitriles is 2. The van der Waals surface area contributed by atoms with Crippen molar-refractivity contribution in [3.05, 3.63) is 73.9 Å². The Balaban J connectivity index is 2.44. The smallest absolute Gasteiger partial charge is 0.273 e. The highest BCUT2D eigenvalue weighted by molar-refractivity contribution is 7.07. The third kappa shape index (κ3) is 3.12. The summed E-state index contributed by atoms with van der Waals surface area (Å²) in [4.78, 5) is 17.2. The molecule has 0 amide bonds. The maximum absolute atomic E-state index is 13.0. The van der Waals surface area contributed by atoms with Gasteiger partial charge in [-0.1, -0.05) is 18.2 Å². The van der Waals surface area contributed by atoms with Crippen LogP contribution in [0.25, 0.3) is 17.3 Å².